The van der Waals surface area contributed by atoms with Gasteiger partial charge in [0.25, 0.3) is 5.56 Å². The maximum Gasteiger partial charge on any atom is 0.338 e. The fourth-order valence-corrected chi connectivity index (χ4v) is 7.08. The Labute approximate surface area is 283 Å². The van der Waals surface area contributed by atoms with Gasteiger partial charge in [0.15, 0.2) is 27.8 Å². The van der Waals surface area contributed by atoms with E-state index in [2.05, 4.69) is 20.9 Å². The van der Waals surface area contributed by atoms with Crippen LogP contribution in [0.15, 0.2) is 80.1 Å². The van der Waals surface area contributed by atoms with Crippen LogP contribution in [0, 0.1) is 0 Å². The number of carbonyl (C=O) groups excluding carboxylic acids is 1. The lowest BCUT2D eigenvalue weighted by molar-refractivity contribution is -0.139. The number of para-hydroxylation sites is 1. The van der Waals surface area contributed by atoms with Gasteiger partial charge in [-0.05, 0) is 91.2 Å². The van der Waals surface area contributed by atoms with Gasteiger partial charge in [0, 0.05) is 5.56 Å². The molecular weight excluding hydrogens is 688 g/mol. The second kappa shape index (κ2) is 13.7. The predicted molar refractivity (Wildman–Crippen MR) is 180 cm³/mol. The highest BCUT2D eigenvalue weighted by Crippen LogP contribution is 2.39. The molecular formula is C35H33BrN2O8S. The molecule has 0 N–H and O–H groups in total. The Kier molecular flexibility index (Phi) is 9.42. The maximum absolute atomic E-state index is 14.2. The molecule has 6 rings (SSSR count). The molecule has 1 aromatic heterocycles. The molecule has 4 aromatic rings. The molecule has 12 heteroatoms. The fraction of sp³-hybridized carbons (Fsp3) is 0.286. The molecule has 2 aliphatic heterocycles. The van der Waals surface area contributed by atoms with Gasteiger partial charge >= 0.3 is 5.97 Å². The molecule has 244 valence electrons. The van der Waals surface area contributed by atoms with Crippen LogP contribution in [0.5, 0.6) is 28.7 Å². The first-order valence-electron chi connectivity index (χ1n) is 15.0. The first kappa shape index (κ1) is 32.4. The molecule has 0 bridgehead atoms. The van der Waals surface area contributed by atoms with E-state index in [1.54, 1.807) is 37.7 Å². The van der Waals surface area contributed by atoms with E-state index >= 15 is 0 Å². The summed E-state index contributed by atoms with van der Waals surface area (Å²) in [6.07, 6.45) is 1.65. The average molecular weight is 722 g/mol. The normalized spacial score (nSPS) is 15.4. The first-order valence-corrected chi connectivity index (χ1v) is 16.6. The van der Waals surface area contributed by atoms with Crippen LogP contribution < -0.4 is 38.6 Å². The number of esters is 1. The minimum absolute atomic E-state index is 0.125. The molecule has 0 saturated heterocycles. The zero-order valence-electron chi connectivity index (χ0n) is 26.5. The third kappa shape index (κ3) is 6.52. The van der Waals surface area contributed by atoms with E-state index in [4.69, 9.17) is 28.4 Å². The van der Waals surface area contributed by atoms with Crippen LogP contribution in [0.3, 0.4) is 0 Å². The highest BCUT2D eigenvalue weighted by atomic mass is 79.9. The molecule has 0 fully saturated rings. The van der Waals surface area contributed by atoms with Crippen molar-refractivity contribution >= 4 is 39.3 Å². The second-order valence-corrected chi connectivity index (χ2v) is 12.9. The van der Waals surface area contributed by atoms with Crippen molar-refractivity contribution in [2.75, 3.05) is 20.5 Å². The van der Waals surface area contributed by atoms with Crippen LogP contribution >= 0.6 is 27.3 Å². The lowest BCUT2D eigenvalue weighted by atomic mass is 9.95. The number of nitrogens with zero attached hydrogens (tertiary/aromatic N) is 2. The Morgan fingerprint density at radius 3 is 2.68 bits per heavy atom. The minimum Gasteiger partial charge on any atom is -0.493 e. The molecule has 1 atom stereocenters. The largest absolute Gasteiger partial charge is 0.493 e. The summed E-state index contributed by atoms with van der Waals surface area (Å²) in [5.74, 6) is 2.42. The lowest BCUT2D eigenvalue weighted by Gasteiger charge is -2.26. The van der Waals surface area contributed by atoms with Gasteiger partial charge < -0.3 is 28.4 Å². The number of rotatable bonds is 10. The van der Waals surface area contributed by atoms with E-state index < -0.39 is 12.0 Å². The summed E-state index contributed by atoms with van der Waals surface area (Å²) in [5, 5.41) is 0. The van der Waals surface area contributed by atoms with Gasteiger partial charge in [0.05, 0.1) is 40.1 Å². The molecule has 0 spiro atoms. The predicted octanol–water partition coefficient (Wildman–Crippen LogP) is 5.66. The molecule has 0 radical (unpaired) electrons. The number of hydrogen-bond acceptors (Lipinski definition) is 10. The molecule has 3 heterocycles. The van der Waals surface area contributed by atoms with Gasteiger partial charge in [-0.15, -0.1) is 0 Å². The van der Waals surface area contributed by atoms with Crippen molar-refractivity contribution in [1.29, 1.82) is 0 Å². The summed E-state index contributed by atoms with van der Waals surface area (Å²) in [4.78, 5) is 32.7. The lowest BCUT2D eigenvalue weighted by Crippen LogP contribution is -2.40. The van der Waals surface area contributed by atoms with Crippen molar-refractivity contribution in [1.82, 2.24) is 4.57 Å². The molecule has 0 amide bonds. The van der Waals surface area contributed by atoms with Gasteiger partial charge in [0.2, 0.25) is 6.79 Å². The Morgan fingerprint density at radius 1 is 1.13 bits per heavy atom. The number of halogens is 1. The number of hydrogen-bond donors (Lipinski definition) is 0. The second-order valence-electron chi connectivity index (χ2n) is 11.0. The molecule has 3 aromatic carbocycles. The van der Waals surface area contributed by atoms with E-state index in [9.17, 15) is 9.59 Å². The smallest absolute Gasteiger partial charge is 0.338 e. The highest BCUT2D eigenvalue weighted by Gasteiger charge is 2.35. The molecule has 47 heavy (non-hydrogen) atoms. The number of allylic oxidation sites excluding steroid dienone is 1. The monoisotopic (exact) mass is 720 g/mol. The third-order valence-electron chi connectivity index (χ3n) is 7.46. The number of carbonyl (C=O) groups is 1. The van der Waals surface area contributed by atoms with Crippen LogP contribution in [0.4, 0.5) is 0 Å². The summed E-state index contributed by atoms with van der Waals surface area (Å²) in [5.41, 5.74) is 2.75. The molecule has 10 nitrogen and oxygen atoms in total. The Bertz CT molecular complexity index is 2070. The quantitative estimate of drug-likeness (QED) is 0.193. The van der Waals surface area contributed by atoms with E-state index in [1.165, 1.54) is 11.3 Å². The van der Waals surface area contributed by atoms with E-state index in [-0.39, 0.29) is 31.7 Å². The van der Waals surface area contributed by atoms with Gasteiger partial charge in [-0.25, -0.2) is 9.79 Å². The van der Waals surface area contributed by atoms with Gasteiger partial charge in [-0.3, -0.25) is 9.36 Å². The van der Waals surface area contributed by atoms with Gasteiger partial charge in [0.1, 0.15) is 18.4 Å². The zero-order valence-corrected chi connectivity index (χ0v) is 28.9. The number of fused-ring (bicyclic) bond motifs is 2. The summed E-state index contributed by atoms with van der Waals surface area (Å²) < 4.78 is 36.9. The average Bonchev–Trinajstić information content (AvgIpc) is 3.63. The highest BCUT2D eigenvalue weighted by molar-refractivity contribution is 9.10. The summed E-state index contributed by atoms with van der Waals surface area (Å²) in [6.45, 7) is 8.01. The van der Waals surface area contributed by atoms with Crippen LogP contribution in [0.25, 0.3) is 6.08 Å². The summed E-state index contributed by atoms with van der Waals surface area (Å²) >= 11 is 4.86. The van der Waals surface area contributed by atoms with E-state index in [0.717, 1.165) is 5.56 Å². The van der Waals surface area contributed by atoms with Crippen molar-refractivity contribution in [3.05, 3.63) is 107 Å². The van der Waals surface area contributed by atoms with Crippen LogP contribution in [0.2, 0.25) is 0 Å². The Morgan fingerprint density at radius 2 is 1.91 bits per heavy atom. The topological polar surface area (TPSA) is 107 Å². The fourth-order valence-electron chi connectivity index (χ4n) is 5.45. The van der Waals surface area contributed by atoms with Crippen LogP contribution in [0.1, 0.15) is 50.4 Å². The maximum atomic E-state index is 14.2. The van der Waals surface area contributed by atoms with Crippen molar-refractivity contribution in [2.45, 2.75) is 46.4 Å². The van der Waals surface area contributed by atoms with Crippen molar-refractivity contribution in [3.63, 3.8) is 0 Å². The van der Waals surface area contributed by atoms with Gasteiger partial charge in [-0.2, -0.15) is 0 Å². The number of aromatic nitrogens is 1. The first-order chi connectivity index (χ1) is 22.7. The SMILES string of the molecule is CCOC(=O)C1=C(C)N=c2s/c(=C/c3cc(Br)c(OCc4ccc5c(c4)OCO5)c(OC)c3)c(=O)n2[C@@H]1c1ccccc1OC(C)C. The number of thiazole rings is 1. The van der Waals surface area contributed by atoms with Gasteiger partial charge in [-0.1, -0.05) is 35.6 Å². The third-order valence-corrected chi connectivity index (χ3v) is 9.03. The van der Waals surface area contributed by atoms with Crippen LogP contribution in [-0.2, 0) is 16.1 Å². The molecule has 0 unspecified atom stereocenters. The Hall–Kier alpha value is -4.55. The summed E-state index contributed by atoms with van der Waals surface area (Å²) in [6, 6.07) is 15.9. The standard InChI is InChI=1S/C35H33BrN2O8S/c1-6-42-34(40)30-20(4)37-35-38(31(30)23-9-7-8-10-25(23)46-19(2)3)33(39)29(47-35)16-22-13-24(36)32(28(15-22)41-5)43-17-21-11-12-26-27(14-21)45-18-44-26/h7-16,19,31H,6,17-18H2,1-5H3/b29-16+/t31-/m1/s1. The van der Waals surface area contributed by atoms with E-state index in [1.807, 2.05) is 62.4 Å². The Balaban J connectivity index is 1.40. The van der Waals surface area contributed by atoms with Crippen LogP contribution in [-0.4, -0.2) is 37.1 Å². The number of ether oxygens (including phenoxy) is 6. The van der Waals surface area contributed by atoms with Crippen molar-refractivity contribution in [2.24, 2.45) is 4.99 Å². The minimum atomic E-state index is -0.796. The number of methoxy groups -OCH3 is 1. The summed E-state index contributed by atoms with van der Waals surface area (Å²) in [7, 11) is 1.56. The molecule has 2 aliphatic rings. The molecule has 0 saturated carbocycles. The zero-order chi connectivity index (χ0) is 33.2. The van der Waals surface area contributed by atoms with E-state index in [0.29, 0.717) is 65.0 Å². The van der Waals surface area contributed by atoms with Crippen molar-refractivity contribution < 1.29 is 33.2 Å². The number of benzene rings is 3. The van der Waals surface area contributed by atoms with Crippen molar-refractivity contribution in [3.8, 4) is 28.7 Å². The molecule has 0 aliphatic carbocycles.